The van der Waals surface area contributed by atoms with Crippen LogP contribution in [0, 0.1) is 11.3 Å². The summed E-state index contributed by atoms with van der Waals surface area (Å²) < 4.78 is 2.12. The molecule has 0 aliphatic heterocycles. The second kappa shape index (κ2) is 7.30. The first-order valence-electron chi connectivity index (χ1n) is 7.65. The standard InChI is InChI=1S/C20H17N3O/c1-2-11-23-14-18(19-9-5-6-10-20(19)23)13-22-24-15-17-8-4-3-7-16(17)12-21/h2-10,13-14H,1,11,15H2/b22-13-. The van der Waals surface area contributed by atoms with E-state index in [0.717, 1.165) is 28.6 Å². The van der Waals surface area contributed by atoms with Gasteiger partial charge in [-0.1, -0.05) is 47.6 Å². The number of hydrogen-bond acceptors (Lipinski definition) is 3. The predicted molar refractivity (Wildman–Crippen MR) is 95.7 cm³/mol. The van der Waals surface area contributed by atoms with Gasteiger partial charge in [-0.05, 0) is 12.1 Å². The molecule has 0 aliphatic carbocycles. The maximum Gasteiger partial charge on any atom is 0.143 e. The van der Waals surface area contributed by atoms with Crippen molar-refractivity contribution in [1.29, 1.82) is 5.26 Å². The number of aromatic nitrogens is 1. The number of rotatable bonds is 6. The summed E-state index contributed by atoms with van der Waals surface area (Å²) in [5, 5.41) is 14.2. The van der Waals surface area contributed by atoms with Gasteiger partial charge in [0.15, 0.2) is 0 Å². The van der Waals surface area contributed by atoms with Crippen molar-refractivity contribution in [3.63, 3.8) is 0 Å². The lowest BCUT2D eigenvalue weighted by molar-refractivity contribution is 0.132. The quantitative estimate of drug-likeness (QED) is 0.388. The molecule has 118 valence electrons. The lowest BCUT2D eigenvalue weighted by Crippen LogP contribution is -1.92. The molecule has 3 aromatic rings. The van der Waals surface area contributed by atoms with Crippen LogP contribution >= 0.6 is 0 Å². The minimum absolute atomic E-state index is 0.269. The Morgan fingerprint density at radius 2 is 1.96 bits per heavy atom. The third-order valence-corrected chi connectivity index (χ3v) is 3.77. The molecule has 0 atom stereocenters. The molecule has 0 aliphatic rings. The Bertz CT molecular complexity index is 931. The van der Waals surface area contributed by atoms with E-state index in [9.17, 15) is 0 Å². The number of oxime groups is 1. The molecular formula is C20H17N3O. The van der Waals surface area contributed by atoms with E-state index in [1.807, 2.05) is 42.6 Å². The normalized spacial score (nSPS) is 10.8. The van der Waals surface area contributed by atoms with Crippen molar-refractivity contribution >= 4 is 17.1 Å². The van der Waals surface area contributed by atoms with Crippen molar-refractivity contribution in [3.05, 3.63) is 84.1 Å². The molecule has 1 heterocycles. The predicted octanol–water partition coefficient (Wildman–Crippen LogP) is 4.25. The van der Waals surface area contributed by atoms with Gasteiger partial charge in [-0.15, -0.1) is 6.58 Å². The first-order valence-corrected chi connectivity index (χ1v) is 7.65. The molecule has 0 radical (unpaired) electrons. The van der Waals surface area contributed by atoms with E-state index in [0.29, 0.717) is 5.56 Å². The molecule has 1 aromatic heterocycles. The molecule has 0 spiro atoms. The number of nitriles is 1. The SMILES string of the molecule is C=CCn1cc(/C=N\OCc2ccccc2C#N)c2ccccc21. The summed E-state index contributed by atoms with van der Waals surface area (Å²) >= 11 is 0. The number of fused-ring (bicyclic) bond motifs is 1. The molecule has 0 saturated carbocycles. The number of hydrogen-bond donors (Lipinski definition) is 0. The fourth-order valence-electron chi connectivity index (χ4n) is 2.62. The van der Waals surface area contributed by atoms with E-state index < -0.39 is 0 Å². The van der Waals surface area contributed by atoms with Gasteiger partial charge in [0.05, 0.1) is 17.8 Å². The average Bonchev–Trinajstić information content (AvgIpc) is 2.97. The van der Waals surface area contributed by atoms with Crippen LogP contribution in [0.15, 0.2) is 72.5 Å². The van der Waals surface area contributed by atoms with Gasteiger partial charge in [0.2, 0.25) is 0 Å². The molecule has 4 nitrogen and oxygen atoms in total. The number of nitrogens with zero attached hydrogens (tertiary/aromatic N) is 3. The van der Waals surface area contributed by atoms with Crippen molar-refractivity contribution in [1.82, 2.24) is 4.57 Å². The van der Waals surface area contributed by atoms with Gasteiger partial charge in [0, 0.05) is 34.8 Å². The van der Waals surface area contributed by atoms with Crippen molar-refractivity contribution in [3.8, 4) is 6.07 Å². The Labute approximate surface area is 140 Å². The highest BCUT2D eigenvalue weighted by Gasteiger charge is 2.05. The second-order valence-corrected chi connectivity index (χ2v) is 5.32. The number of para-hydroxylation sites is 1. The first-order chi connectivity index (χ1) is 11.8. The highest BCUT2D eigenvalue weighted by Crippen LogP contribution is 2.20. The zero-order chi connectivity index (χ0) is 16.8. The Morgan fingerprint density at radius 1 is 1.17 bits per heavy atom. The largest absolute Gasteiger partial charge is 0.391 e. The minimum atomic E-state index is 0.269. The van der Waals surface area contributed by atoms with Gasteiger partial charge in [-0.3, -0.25) is 0 Å². The lowest BCUT2D eigenvalue weighted by Gasteiger charge is -2.01. The molecule has 2 aromatic carbocycles. The molecular weight excluding hydrogens is 298 g/mol. The Hall–Kier alpha value is -3.32. The monoisotopic (exact) mass is 315 g/mol. The second-order valence-electron chi connectivity index (χ2n) is 5.32. The Morgan fingerprint density at radius 3 is 2.79 bits per heavy atom. The van der Waals surface area contributed by atoms with Crippen molar-refractivity contribution in [2.24, 2.45) is 5.16 Å². The van der Waals surface area contributed by atoms with Crippen LogP contribution in [0.5, 0.6) is 0 Å². The minimum Gasteiger partial charge on any atom is -0.391 e. The van der Waals surface area contributed by atoms with E-state index in [-0.39, 0.29) is 6.61 Å². The van der Waals surface area contributed by atoms with Crippen LogP contribution < -0.4 is 0 Å². The third kappa shape index (κ3) is 3.21. The zero-order valence-electron chi connectivity index (χ0n) is 13.2. The van der Waals surface area contributed by atoms with Crippen LogP contribution in [-0.4, -0.2) is 10.8 Å². The fraction of sp³-hybridized carbons (Fsp3) is 0.100. The third-order valence-electron chi connectivity index (χ3n) is 3.77. The summed E-state index contributed by atoms with van der Waals surface area (Å²) in [6.07, 6.45) is 5.60. The molecule has 4 heteroatoms. The molecule has 24 heavy (non-hydrogen) atoms. The molecule has 0 bridgehead atoms. The summed E-state index contributed by atoms with van der Waals surface area (Å²) in [5.74, 6) is 0. The maximum atomic E-state index is 9.07. The van der Waals surface area contributed by atoms with Gasteiger partial charge in [-0.2, -0.15) is 5.26 Å². The number of allylic oxidation sites excluding steroid dienone is 1. The highest BCUT2D eigenvalue weighted by molar-refractivity contribution is 5.99. The zero-order valence-corrected chi connectivity index (χ0v) is 13.2. The molecule has 0 saturated heterocycles. The highest BCUT2D eigenvalue weighted by atomic mass is 16.6. The summed E-state index contributed by atoms with van der Waals surface area (Å²) in [7, 11) is 0. The lowest BCUT2D eigenvalue weighted by atomic mass is 10.1. The fourth-order valence-corrected chi connectivity index (χ4v) is 2.62. The Balaban J connectivity index is 1.76. The molecule has 3 rings (SSSR count). The molecule has 0 amide bonds. The van der Waals surface area contributed by atoms with Gasteiger partial charge < -0.3 is 9.40 Å². The smallest absolute Gasteiger partial charge is 0.143 e. The van der Waals surface area contributed by atoms with E-state index in [4.69, 9.17) is 10.1 Å². The van der Waals surface area contributed by atoms with Crippen molar-refractivity contribution < 1.29 is 4.84 Å². The summed E-state index contributed by atoms with van der Waals surface area (Å²) in [6.45, 7) is 4.80. The van der Waals surface area contributed by atoms with E-state index in [1.165, 1.54) is 0 Å². The van der Waals surface area contributed by atoms with E-state index in [1.54, 1.807) is 12.3 Å². The number of benzene rings is 2. The van der Waals surface area contributed by atoms with Gasteiger partial charge >= 0.3 is 0 Å². The van der Waals surface area contributed by atoms with E-state index in [2.05, 4.69) is 34.5 Å². The summed E-state index contributed by atoms with van der Waals surface area (Å²) in [6, 6.07) is 17.6. The molecule has 0 unspecified atom stereocenters. The summed E-state index contributed by atoms with van der Waals surface area (Å²) in [5.41, 5.74) is 3.55. The molecule has 0 N–H and O–H groups in total. The van der Waals surface area contributed by atoms with Crippen LogP contribution in [0.1, 0.15) is 16.7 Å². The first kappa shape index (κ1) is 15.6. The Kier molecular flexibility index (Phi) is 4.73. The van der Waals surface area contributed by atoms with Crippen LogP contribution in [-0.2, 0) is 18.0 Å². The van der Waals surface area contributed by atoms with Crippen LogP contribution in [0.25, 0.3) is 10.9 Å². The van der Waals surface area contributed by atoms with Crippen molar-refractivity contribution in [2.45, 2.75) is 13.2 Å². The van der Waals surface area contributed by atoms with Crippen LogP contribution in [0.4, 0.5) is 0 Å². The average molecular weight is 315 g/mol. The van der Waals surface area contributed by atoms with Crippen molar-refractivity contribution in [2.75, 3.05) is 0 Å². The van der Waals surface area contributed by atoms with Gasteiger partial charge in [-0.25, -0.2) is 0 Å². The topological polar surface area (TPSA) is 50.3 Å². The van der Waals surface area contributed by atoms with Gasteiger partial charge in [0.25, 0.3) is 0 Å². The van der Waals surface area contributed by atoms with Crippen LogP contribution in [0.3, 0.4) is 0 Å². The molecule has 0 fully saturated rings. The van der Waals surface area contributed by atoms with Gasteiger partial charge in [0.1, 0.15) is 6.61 Å². The maximum absolute atomic E-state index is 9.07. The van der Waals surface area contributed by atoms with E-state index >= 15 is 0 Å². The summed E-state index contributed by atoms with van der Waals surface area (Å²) in [4.78, 5) is 5.37. The van der Waals surface area contributed by atoms with Crippen LogP contribution in [0.2, 0.25) is 0 Å².